The highest BCUT2D eigenvalue weighted by Crippen LogP contribution is 2.37. The van der Waals surface area contributed by atoms with E-state index in [0.717, 1.165) is 18.5 Å². The Balaban J connectivity index is 1.90. The number of carbonyl (C=O) groups excluding carboxylic acids is 1. The number of anilines is 1. The van der Waals surface area contributed by atoms with Crippen molar-refractivity contribution in [1.82, 2.24) is 9.47 Å². The van der Waals surface area contributed by atoms with Gasteiger partial charge in [-0.2, -0.15) is 0 Å². The summed E-state index contributed by atoms with van der Waals surface area (Å²) in [5, 5.41) is 0. The zero-order valence-electron chi connectivity index (χ0n) is 11.6. The maximum absolute atomic E-state index is 12.8. The lowest BCUT2D eigenvalue weighted by Crippen LogP contribution is -2.55. The zero-order valence-corrected chi connectivity index (χ0v) is 11.6. The Bertz CT molecular complexity index is 503. The second-order valence-corrected chi connectivity index (χ2v) is 6.12. The fourth-order valence-electron chi connectivity index (χ4n) is 2.70. The summed E-state index contributed by atoms with van der Waals surface area (Å²) in [6.45, 7) is 5.91. The van der Waals surface area contributed by atoms with Crippen LogP contribution in [0.25, 0.3) is 0 Å². The normalized spacial score (nSPS) is 22.5. The minimum atomic E-state index is -0.261. The maximum atomic E-state index is 12.8. The molecule has 0 bridgehead atoms. The third kappa shape index (κ3) is 2.23. The van der Waals surface area contributed by atoms with Crippen molar-refractivity contribution in [2.24, 2.45) is 0 Å². The van der Waals surface area contributed by atoms with Crippen LogP contribution in [0.15, 0.2) is 12.3 Å². The van der Waals surface area contributed by atoms with Gasteiger partial charge in [0.1, 0.15) is 5.69 Å². The number of nitrogens with two attached hydrogens (primary N) is 1. The first-order valence-electron chi connectivity index (χ1n) is 6.86. The van der Waals surface area contributed by atoms with E-state index in [1.165, 1.54) is 0 Å². The van der Waals surface area contributed by atoms with Gasteiger partial charge in [-0.3, -0.25) is 4.79 Å². The second-order valence-electron chi connectivity index (χ2n) is 6.12. The molecule has 2 fully saturated rings. The average Bonchev–Trinajstić information content (AvgIpc) is 3.11. The molecule has 5 heteroatoms. The van der Waals surface area contributed by atoms with Gasteiger partial charge in [-0.25, -0.2) is 0 Å². The van der Waals surface area contributed by atoms with Crippen LogP contribution in [0.2, 0.25) is 0 Å². The first-order valence-corrected chi connectivity index (χ1v) is 6.86. The third-order valence-corrected chi connectivity index (χ3v) is 3.92. The summed E-state index contributed by atoms with van der Waals surface area (Å²) in [6.07, 6.45) is 4.17. The molecule has 5 nitrogen and oxygen atoms in total. The molecule has 0 atom stereocenters. The molecule has 2 N–H and O–H groups in total. The van der Waals surface area contributed by atoms with E-state index in [4.69, 9.17) is 10.5 Å². The number of morpholine rings is 1. The largest absolute Gasteiger partial charge is 0.397 e. The number of rotatable bonds is 2. The molecule has 0 radical (unpaired) electrons. The topological polar surface area (TPSA) is 60.5 Å². The number of carbonyl (C=O) groups is 1. The highest BCUT2D eigenvalue weighted by molar-refractivity contribution is 5.94. The highest BCUT2D eigenvalue weighted by Gasteiger charge is 2.37. The number of ether oxygens (including phenoxy) is 1. The number of aromatic nitrogens is 1. The highest BCUT2D eigenvalue weighted by atomic mass is 16.5. The number of hydrogen-bond acceptors (Lipinski definition) is 3. The molecule has 19 heavy (non-hydrogen) atoms. The molecule has 0 aromatic carbocycles. The summed E-state index contributed by atoms with van der Waals surface area (Å²) in [5.41, 5.74) is 6.99. The number of hydrogen-bond donors (Lipinski definition) is 1. The van der Waals surface area contributed by atoms with Gasteiger partial charge in [-0.15, -0.1) is 0 Å². The molecule has 1 saturated heterocycles. The van der Waals surface area contributed by atoms with Gasteiger partial charge in [0.2, 0.25) is 0 Å². The van der Waals surface area contributed by atoms with Crippen molar-refractivity contribution in [2.45, 2.75) is 38.3 Å². The standard InChI is InChI=1S/C14H21N3O2/c1-14(2)9-19-6-5-17(14)13(18)12-7-10(15)8-16(12)11-3-4-11/h7-8,11H,3-6,9,15H2,1-2H3. The van der Waals surface area contributed by atoms with Crippen LogP contribution in [0.3, 0.4) is 0 Å². The molecule has 0 spiro atoms. The third-order valence-electron chi connectivity index (χ3n) is 3.92. The van der Waals surface area contributed by atoms with Gasteiger partial charge in [0, 0.05) is 18.8 Å². The smallest absolute Gasteiger partial charge is 0.271 e. The average molecular weight is 263 g/mol. The van der Waals surface area contributed by atoms with Crippen molar-refractivity contribution in [2.75, 3.05) is 25.5 Å². The predicted molar refractivity (Wildman–Crippen MR) is 73.0 cm³/mol. The van der Waals surface area contributed by atoms with E-state index in [9.17, 15) is 4.79 Å². The molecular formula is C14H21N3O2. The quantitative estimate of drug-likeness (QED) is 0.882. The second kappa shape index (κ2) is 4.27. The van der Waals surface area contributed by atoms with Crippen LogP contribution in [0, 0.1) is 0 Å². The fourth-order valence-corrected chi connectivity index (χ4v) is 2.70. The molecule has 1 aliphatic carbocycles. The van der Waals surface area contributed by atoms with Crippen LogP contribution in [0.1, 0.15) is 43.2 Å². The molecule has 0 unspecified atom stereocenters. The summed E-state index contributed by atoms with van der Waals surface area (Å²) in [4.78, 5) is 14.7. The Morgan fingerprint density at radius 3 is 2.84 bits per heavy atom. The lowest BCUT2D eigenvalue weighted by atomic mass is 10.0. The maximum Gasteiger partial charge on any atom is 0.271 e. The Morgan fingerprint density at radius 1 is 1.47 bits per heavy atom. The zero-order chi connectivity index (χ0) is 13.6. The Hall–Kier alpha value is -1.49. The Morgan fingerprint density at radius 2 is 2.21 bits per heavy atom. The van der Waals surface area contributed by atoms with Crippen molar-refractivity contribution in [3.8, 4) is 0 Å². The minimum absolute atomic E-state index is 0.0666. The Kier molecular flexibility index (Phi) is 2.82. The first kappa shape index (κ1) is 12.5. The molecule has 1 aliphatic heterocycles. The van der Waals surface area contributed by atoms with E-state index in [1.807, 2.05) is 29.5 Å². The van der Waals surface area contributed by atoms with Gasteiger partial charge in [-0.1, -0.05) is 0 Å². The first-order chi connectivity index (χ1) is 8.99. The van der Waals surface area contributed by atoms with Crippen LogP contribution in [0.4, 0.5) is 5.69 Å². The van der Waals surface area contributed by atoms with Crippen LogP contribution in [0.5, 0.6) is 0 Å². The van der Waals surface area contributed by atoms with Gasteiger partial charge in [0.05, 0.1) is 24.4 Å². The molecule has 2 heterocycles. The van der Waals surface area contributed by atoms with Crippen molar-refractivity contribution in [1.29, 1.82) is 0 Å². The summed E-state index contributed by atoms with van der Waals surface area (Å²) >= 11 is 0. The molecule has 2 aliphatic rings. The van der Waals surface area contributed by atoms with Gasteiger partial charge >= 0.3 is 0 Å². The fraction of sp³-hybridized carbons (Fsp3) is 0.643. The van der Waals surface area contributed by atoms with Crippen LogP contribution in [-0.4, -0.2) is 40.7 Å². The van der Waals surface area contributed by atoms with Crippen molar-refractivity contribution >= 4 is 11.6 Å². The van der Waals surface area contributed by atoms with Crippen LogP contribution < -0.4 is 5.73 Å². The van der Waals surface area contributed by atoms with E-state index in [2.05, 4.69) is 0 Å². The van der Waals surface area contributed by atoms with Gasteiger partial charge < -0.3 is 19.9 Å². The summed E-state index contributed by atoms with van der Waals surface area (Å²) < 4.78 is 7.52. The van der Waals surface area contributed by atoms with Crippen LogP contribution >= 0.6 is 0 Å². The van der Waals surface area contributed by atoms with Crippen LogP contribution in [-0.2, 0) is 4.74 Å². The molecule has 104 valence electrons. The van der Waals surface area contributed by atoms with Crippen molar-refractivity contribution < 1.29 is 9.53 Å². The molecular weight excluding hydrogens is 242 g/mol. The van der Waals surface area contributed by atoms with Gasteiger partial charge in [-0.05, 0) is 32.8 Å². The molecule has 3 rings (SSSR count). The number of nitrogen functional groups attached to an aromatic ring is 1. The monoisotopic (exact) mass is 263 g/mol. The predicted octanol–water partition coefficient (Wildman–Crippen LogP) is 1.66. The van der Waals surface area contributed by atoms with E-state index in [-0.39, 0.29) is 11.4 Å². The van der Waals surface area contributed by atoms with Gasteiger partial charge in [0.25, 0.3) is 5.91 Å². The van der Waals surface area contributed by atoms with Gasteiger partial charge in [0.15, 0.2) is 0 Å². The molecule has 1 saturated carbocycles. The Labute approximate surface area is 113 Å². The summed E-state index contributed by atoms with van der Waals surface area (Å²) in [5.74, 6) is 0.0666. The molecule has 1 amide bonds. The van der Waals surface area contributed by atoms with E-state index in [1.54, 1.807) is 6.07 Å². The van der Waals surface area contributed by atoms with E-state index in [0.29, 0.717) is 31.5 Å². The van der Waals surface area contributed by atoms with Crippen molar-refractivity contribution in [3.05, 3.63) is 18.0 Å². The SMILES string of the molecule is CC1(C)COCCN1C(=O)c1cc(N)cn1C1CC1. The number of nitrogens with zero attached hydrogens (tertiary/aromatic N) is 2. The summed E-state index contributed by atoms with van der Waals surface area (Å²) in [6, 6.07) is 2.26. The van der Waals surface area contributed by atoms with E-state index >= 15 is 0 Å². The van der Waals surface area contributed by atoms with E-state index < -0.39 is 0 Å². The summed E-state index contributed by atoms with van der Waals surface area (Å²) in [7, 11) is 0. The lowest BCUT2D eigenvalue weighted by Gasteiger charge is -2.42. The molecule has 1 aromatic heterocycles. The molecule has 1 aromatic rings. The minimum Gasteiger partial charge on any atom is -0.397 e. The number of amides is 1. The lowest BCUT2D eigenvalue weighted by molar-refractivity contribution is -0.0375. The van der Waals surface area contributed by atoms with Crippen molar-refractivity contribution in [3.63, 3.8) is 0 Å².